The summed E-state index contributed by atoms with van der Waals surface area (Å²) in [6, 6.07) is 42.2. The standard InChI is InChI=1S/C42H38Cl2N4O3/c1-41(2,3)51-40(50)47-25-24-29(27-47)39(49)45-38-33-26-28(37-34(43)20-13-21-35(37)44)22-23-36(33)48(46-38)42(30-14-7-4-8-15-30,31-16-9-5-10-17-31)32-18-11-6-12-19-32/h4-23,26,29H,24-25,27H2,1-3H3,(H,45,46,49)/t29-/m1/s1. The number of rotatable bonds is 7. The maximum absolute atomic E-state index is 14.1. The van der Waals surface area contributed by atoms with E-state index in [9.17, 15) is 9.59 Å². The molecule has 7 nitrogen and oxygen atoms in total. The van der Waals surface area contributed by atoms with Gasteiger partial charge in [-0.3, -0.25) is 4.79 Å². The van der Waals surface area contributed by atoms with Crippen molar-refractivity contribution >= 4 is 51.9 Å². The summed E-state index contributed by atoms with van der Waals surface area (Å²) in [5.74, 6) is -0.275. The Morgan fingerprint density at radius 3 is 1.84 bits per heavy atom. The van der Waals surface area contributed by atoms with Crippen LogP contribution in [0.5, 0.6) is 0 Å². The Morgan fingerprint density at radius 1 is 0.765 bits per heavy atom. The van der Waals surface area contributed by atoms with Crippen LogP contribution in [0.4, 0.5) is 10.6 Å². The van der Waals surface area contributed by atoms with E-state index in [1.165, 1.54) is 0 Å². The van der Waals surface area contributed by atoms with E-state index in [0.717, 1.165) is 27.8 Å². The lowest BCUT2D eigenvalue weighted by Gasteiger charge is -2.37. The Morgan fingerprint density at radius 2 is 1.31 bits per heavy atom. The van der Waals surface area contributed by atoms with Gasteiger partial charge >= 0.3 is 6.09 Å². The molecule has 6 aromatic rings. The minimum Gasteiger partial charge on any atom is -0.444 e. The molecule has 1 aliphatic rings. The molecule has 2 heterocycles. The fourth-order valence-electron chi connectivity index (χ4n) is 6.99. The van der Waals surface area contributed by atoms with Crippen molar-refractivity contribution in [2.45, 2.75) is 38.3 Å². The van der Waals surface area contributed by atoms with E-state index in [4.69, 9.17) is 33.0 Å². The third kappa shape index (κ3) is 6.60. The van der Waals surface area contributed by atoms with E-state index in [1.54, 1.807) is 17.0 Å². The lowest BCUT2D eigenvalue weighted by atomic mass is 9.77. The van der Waals surface area contributed by atoms with Crippen molar-refractivity contribution in [3.63, 3.8) is 0 Å². The number of hydrogen-bond donors (Lipinski definition) is 1. The molecule has 1 aliphatic heterocycles. The van der Waals surface area contributed by atoms with Gasteiger partial charge in [-0.2, -0.15) is 5.10 Å². The molecule has 0 radical (unpaired) electrons. The van der Waals surface area contributed by atoms with Crippen molar-refractivity contribution in [3.8, 4) is 11.1 Å². The molecule has 0 spiro atoms. The van der Waals surface area contributed by atoms with Crippen LogP contribution < -0.4 is 5.32 Å². The van der Waals surface area contributed by atoms with Crippen LogP contribution >= 0.6 is 23.2 Å². The number of ether oxygens (including phenoxy) is 1. The molecule has 0 aliphatic carbocycles. The van der Waals surface area contributed by atoms with Gasteiger partial charge in [-0.1, -0.05) is 126 Å². The molecule has 258 valence electrons. The fourth-order valence-corrected chi connectivity index (χ4v) is 7.60. The van der Waals surface area contributed by atoms with Crippen molar-refractivity contribution in [2.75, 3.05) is 18.4 Å². The third-order valence-electron chi connectivity index (χ3n) is 9.28. The number of halogens is 2. The fraction of sp³-hybridized carbons (Fsp3) is 0.214. The first-order valence-corrected chi connectivity index (χ1v) is 17.7. The molecule has 1 saturated heterocycles. The zero-order valence-corrected chi connectivity index (χ0v) is 30.2. The molecular formula is C42H38Cl2N4O3. The van der Waals surface area contributed by atoms with Crippen molar-refractivity contribution in [2.24, 2.45) is 5.92 Å². The summed E-state index contributed by atoms with van der Waals surface area (Å²) in [7, 11) is 0. The van der Waals surface area contributed by atoms with E-state index in [0.29, 0.717) is 39.8 Å². The molecule has 7 rings (SSSR count). The Hall–Kier alpha value is -5.11. The first kappa shape index (κ1) is 34.3. The highest BCUT2D eigenvalue weighted by Gasteiger charge is 2.41. The second-order valence-electron chi connectivity index (χ2n) is 13.8. The zero-order chi connectivity index (χ0) is 35.8. The first-order chi connectivity index (χ1) is 24.6. The van der Waals surface area contributed by atoms with Gasteiger partial charge in [0.15, 0.2) is 5.82 Å². The van der Waals surface area contributed by atoms with Crippen LogP contribution in [0.1, 0.15) is 43.9 Å². The number of likely N-dealkylation sites (tertiary alicyclic amines) is 1. The van der Waals surface area contributed by atoms with Gasteiger partial charge in [0.2, 0.25) is 5.91 Å². The number of aromatic nitrogens is 2. The minimum atomic E-state index is -0.935. The topological polar surface area (TPSA) is 76.5 Å². The van der Waals surface area contributed by atoms with Crippen LogP contribution in [-0.4, -0.2) is 45.4 Å². The van der Waals surface area contributed by atoms with Gasteiger partial charge in [0, 0.05) is 34.1 Å². The highest BCUT2D eigenvalue weighted by Crippen LogP contribution is 2.45. The Kier molecular flexibility index (Phi) is 9.36. The Bertz CT molecular complexity index is 2080. The predicted octanol–water partition coefficient (Wildman–Crippen LogP) is 10.0. The van der Waals surface area contributed by atoms with E-state index < -0.39 is 23.2 Å². The Labute approximate surface area is 307 Å². The molecule has 0 unspecified atom stereocenters. The van der Waals surface area contributed by atoms with Gasteiger partial charge in [-0.25, -0.2) is 9.48 Å². The summed E-state index contributed by atoms with van der Waals surface area (Å²) in [6.45, 7) is 6.17. The van der Waals surface area contributed by atoms with Gasteiger partial charge in [0.25, 0.3) is 0 Å². The van der Waals surface area contributed by atoms with Crippen molar-refractivity contribution in [1.29, 1.82) is 0 Å². The normalized spacial score (nSPS) is 14.8. The molecule has 1 fully saturated rings. The molecule has 0 saturated carbocycles. The highest BCUT2D eigenvalue weighted by molar-refractivity contribution is 6.39. The van der Waals surface area contributed by atoms with Crippen molar-refractivity contribution < 1.29 is 14.3 Å². The maximum atomic E-state index is 14.1. The number of carbonyl (C=O) groups excluding carboxylic acids is 2. The molecule has 1 aromatic heterocycles. The largest absolute Gasteiger partial charge is 0.444 e. The predicted molar refractivity (Wildman–Crippen MR) is 204 cm³/mol. The molecule has 2 amide bonds. The maximum Gasteiger partial charge on any atom is 0.410 e. The number of amides is 2. The second kappa shape index (κ2) is 13.9. The lowest BCUT2D eigenvalue weighted by Crippen LogP contribution is -2.38. The lowest BCUT2D eigenvalue weighted by molar-refractivity contribution is -0.119. The van der Waals surface area contributed by atoms with Crippen LogP contribution in [0.2, 0.25) is 10.0 Å². The summed E-state index contributed by atoms with van der Waals surface area (Å²) in [6.07, 6.45) is 0.0822. The van der Waals surface area contributed by atoms with Crippen molar-refractivity contribution in [1.82, 2.24) is 14.7 Å². The summed E-state index contributed by atoms with van der Waals surface area (Å²) < 4.78 is 7.60. The number of fused-ring (bicyclic) bond motifs is 1. The van der Waals surface area contributed by atoms with E-state index in [2.05, 4.69) is 41.7 Å². The second-order valence-corrected chi connectivity index (χ2v) is 14.6. The molecule has 1 atom stereocenters. The van der Waals surface area contributed by atoms with Crippen LogP contribution in [0.25, 0.3) is 22.0 Å². The monoisotopic (exact) mass is 716 g/mol. The third-order valence-corrected chi connectivity index (χ3v) is 9.91. The van der Waals surface area contributed by atoms with Crippen LogP contribution in [0.15, 0.2) is 127 Å². The van der Waals surface area contributed by atoms with E-state index >= 15 is 0 Å². The summed E-state index contributed by atoms with van der Waals surface area (Å²) in [5, 5.41) is 10.2. The molecule has 9 heteroatoms. The zero-order valence-electron chi connectivity index (χ0n) is 28.6. The highest BCUT2D eigenvalue weighted by atomic mass is 35.5. The quantitative estimate of drug-likeness (QED) is 0.167. The SMILES string of the molecule is CC(C)(C)OC(=O)N1CC[C@@H](C(=O)Nc2nn(C(c3ccccc3)(c3ccccc3)c3ccccc3)c3ccc(-c4c(Cl)cccc4Cl)cc23)C1. The van der Waals surface area contributed by atoms with Crippen LogP contribution in [0, 0.1) is 5.92 Å². The van der Waals surface area contributed by atoms with Crippen LogP contribution in [0.3, 0.4) is 0 Å². The van der Waals surface area contributed by atoms with Gasteiger partial charge in [-0.05, 0) is 73.7 Å². The van der Waals surface area contributed by atoms with Crippen molar-refractivity contribution in [3.05, 3.63) is 154 Å². The molecular weight excluding hydrogens is 679 g/mol. The van der Waals surface area contributed by atoms with E-state index in [1.807, 2.05) is 104 Å². The Balaban J connectivity index is 1.42. The van der Waals surface area contributed by atoms with Gasteiger partial charge in [-0.15, -0.1) is 0 Å². The summed E-state index contributed by atoms with van der Waals surface area (Å²) >= 11 is 13.4. The molecule has 0 bridgehead atoms. The number of anilines is 1. The van der Waals surface area contributed by atoms with Gasteiger partial charge in [0.1, 0.15) is 11.1 Å². The average molecular weight is 718 g/mol. The molecule has 1 N–H and O–H groups in total. The number of nitrogens with zero attached hydrogens (tertiary/aromatic N) is 3. The van der Waals surface area contributed by atoms with Gasteiger partial charge < -0.3 is 15.0 Å². The average Bonchev–Trinajstić information content (AvgIpc) is 3.76. The van der Waals surface area contributed by atoms with Crippen LogP contribution in [-0.2, 0) is 15.1 Å². The minimum absolute atomic E-state index is 0.224. The smallest absolute Gasteiger partial charge is 0.410 e. The summed E-state index contributed by atoms with van der Waals surface area (Å²) in [5.41, 5.74) is 3.68. The first-order valence-electron chi connectivity index (χ1n) is 17.0. The molecule has 51 heavy (non-hydrogen) atoms. The molecule has 5 aromatic carbocycles. The summed E-state index contributed by atoms with van der Waals surface area (Å²) in [4.78, 5) is 28.5. The number of carbonyl (C=O) groups is 2. The number of benzene rings is 5. The van der Waals surface area contributed by atoms with Gasteiger partial charge in [0.05, 0.1) is 11.4 Å². The number of nitrogens with one attached hydrogen (secondary N) is 1. The number of hydrogen-bond acceptors (Lipinski definition) is 4. The van der Waals surface area contributed by atoms with E-state index in [-0.39, 0.29) is 12.5 Å².